The van der Waals surface area contributed by atoms with Crippen molar-refractivity contribution in [1.82, 2.24) is 10.3 Å². The number of nitrogens with one attached hydrogen (secondary N) is 3. The summed E-state index contributed by atoms with van der Waals surface area (Å²) in [6, 6.07) is 5.64. The van der Waals surface area contributed by atoms with Crippen LogP contribution in [-0.4, -0.2) is 44.7 Å². The molecule has 100 valence electrons. The Bertz CT molecular complexity index is 371. The van der Waals surface area contributed by atoms with E-state index in [0.29, 0.717) is 26.1 Å². The molecule has 0 bridgehead atoms. The summed E-state index contributed by atoms with van der Waals surface area (Å²) in [5, 5.41) is 8.81. The summed E-state index contributed by atoms with van der Waals surface area (Å²) in [4.78, 5) is 15.7. The number of hydrogen-bond donors (Lipinski definition) is 3. The zero-order valence-corrected chi connectivity index (χ0v) is 10.8. The second-order valence-corrected chi connectivity index (χ2v) is 3.68. The largest absolute Gasteiger partial charge is 0.383 e. The van der Waals surface area contributed by atoms with Crippen LogP contribution in [0.2, 0.25) is 0 Å². The molecule has 0 saturated carbocycles. The molecule has 0 aliphatic carbocycles. The van der Waals surface area contributed by atoms with Gasteiger partial charge in [0.05, 0.1) is 6.61 Å². The Morgan fingerprint density at radius 1 is 1.33 bits per heavy atom. The van der Waals surface area contributed by atoms with Gasteiger partial charge in [0.15, 0.2) is 0 Å². The average molecular weight is 252 g/mol. The SMILES string of the molecule is CNc1cccc(NCCC(=O)NCCOC)n1. The number of methoxy groups -OCH3 is 1. The lowest BCUT2D eigenvalue weighted by Gasteiger charge is -2.07. The monoisotopic (exact) mass is 252 g/mol. The van der Waals surface area contributed by atoms with Gasteiger partial charge in [-0.2, -0.15) is 0 Å². The van der Waals surface area contributed by atoms with Crippen LogP contribution in [0.15, 0.2) is 18.2 Å². The third-order valence-corrected chi connectivity index (χ3v) is 2.29. The van der Waals surface area contributed by atoms with Crippen molar-refractivity contribution >= 4 is 17.5 Å². The number of amides is 1. The summed E-state index contributed by atoms with van der Waals surface area (Å²) < 4.78 is 4.84. The van der Waals surface area contributed by atoms with E-state index in [1.807, 2.05) is 25.2 Å². The molecule has 0 aromatic carbocycles. The van der Waals surface area contributed by atoms with Gasteiger partial charge in [0.1, 0.15) is 11.6 Å². The fourth-order valence-electron chi connectivity index (χ4n) is 1.36. The molecule has 0 aliphatic rings. The summed E-state index contributed by atoms with van der Waals surface area (Å²) >= 11 is 0. The normalized spacial score (nSPS) is 9.89. The highest BCUT2D eigenvalue weighted by molar-refractivity contribution is 5.76. The molecule has 1 amide bonds. The van der Waals surface area contributed by atoms with Gasteiger partial charge in [0.2, 0.25) is 5.91 Å². The quantitative estimate of drug-likeness (QED) is 0.593. The molecule has 0 atom stereocenters. The molecule has 1 rings (SSSR count). The molecular weight excluding hydrogens is 232 g/mol. The summed E-state index contributed by atoms with van der Waals surface area (Å²) in [5.74, 6) is 1.56. The second-order valence-electron chi connectivity index (χ2n) is 3.68. The van der Waals surface area contributed by atoms with Crippen LogP contribution in [0, 0.1) is 0 Å². The van der Waals surface area contributed by atoms with Crippen molar-refractivity contribution in [1.29, 1.82) is 0 Å². The Morgan fingerprint density at radius 3 is 2.83 bits per heavy atom. The van der Waals surface area contributed by atoms with Crippen molar-refractivity contribution < 1.29 is 9.53 Å². The number of pyridine rings is 1. The highest BCUT2D eigenvalue weighted by Gasteiger charge is 2.00. The third-order valence-electron chi connectivity index (χ3n) is 2.29. The number of aromatic nitrogens is 1. The van der Waals surface area contributed by atoms with E-state index in [4.69, 9.17) is 4.74 Å². The smallest absolute Gasteiger partial charge is 0.221 e. The van der Waals surface area contributed by atoms with E-state index in [9.17, 15) is 4.79 Å². The van der Waals surface area contributed by atoms with E-state index in [0.717, 1.165) is 11.6 Å². The molecule has 0 radical (unpaired) electrons. The molecular formula is C12H20N4O2. The van der Waals surface area contributed by atoms with Crippen LogP contribution in [0.4, 0.5) is 11.6 Å². The third kappa shape index (κ3) is 5.49. The lowest BCUT2D eigenvalue weighted by molar-refractivity contribution is -0.121. The lowest BCUT2D eigenvalue weighted by atomic mass is 10.3. The Morgan fingerprint density at radius 2 is 2.11 bits per heavy atom. The molecule has 0 spiro atoms. The minimum absolute atomic E-state index is 0.00400. The van der Waals surface area contributed by atoms with Crippen LogP contribution in [0.3, 0.4) is 0 Å². The molecule has 0 aliphatic heterocycles. The van der Waals surface area contributed by atoms with Crippen LogP contribution in [-0.2, 0) is 9.53 Å². The van der Waals surface area contributed by atoms with Gasteiger partial charge in [0.25, 0.3) is 0 Å². The van der Waals surface area contributed by atoms with E-state index in [-0.39, 0.29) is 5.91 Å². The summed E-state index contributed by atoms with van der Waals surface area (Å²) in [5.41, 5.74) is 0. The van der Waals surface area contributed by atoms with Gasteiger partial charge in [-0.15, -0.1) is 0 Å². The standard InChI is InChI=1S/C12H20N4O2/c1-13-10-4-3-5-11(16-10)14-7-6-12(17)15-8-9-18-2/h3-5H,6-9H2,1-2H3,(H,15,17)(H2,13,14,16). The van der Waals surface area contributed by atoms with Gasteiger partial charge in [-0.05, 0) is 12.1 Å². The van der Waals surface area contributed by atoms with Crippen molar-refractivity contribution in [3.05, 3.63) is 18.2 Å². The van der Waals surface area contributed by atoms with Gasteiger partial charge in [-0.3, -0.25) is 4.79 Å². The van der Waals surface area contributed by atoms with E-state index in [2.05, 4.69) is 20.9 Å². The molecule has 0 fully saturated rings. The summed E-state index contributed by atoms with van der Waals surface area (Å²) in [6.07, 6.45) is 0.412. The topological polar surface area (TPSA) is 75.3 Å². The first-order valence-electron chi connectivity index (χ1n) is 5.90. The first kappa shape index (κ1) is 14.2. The highest BCUT2D eigenvalue weighted by atomic mass is 16.5. The van der Waals surface area contributed by atoms with Crippen LogP contribution in [0.1, 0.15) is 6.42 Å². The summed E-state index contributed by atoms with van der Waals surface area (Å²) in [6.45, 7) is 1.63. The Kier molecular flexibility index (Phi) is 6.56. The Hall–Kier alpha value is -1.82. The van der Waals surface area contributed by atoms with Gasteiger partial charge >= 0.3 is 0 Å². The molecule has 0 unspecified atom stereocenters. The molecule has 3 N–H and O–H groups in total. The molecule has 1 aromatic rings. The van der Waals surface area contributed by atoms with E-state index in [1.54, 1.807) is 7.11 Å². The van der Waals surface area contributed by atoms with Crippen molar-refractivity contribution in [2.75, 3.05) is 44.5 Å². The first-order chi connectivity index (χ1) is 8.76. The van der Waals surface area contributed by atoms with Crippen molar-refractivity contribution in [2.45, 2.75) is 6.42 Å². The Labute approximate surface area is 107 Å². The zero-order chi connectivity index (χ0) is 13.2. The molecule has 18 heavy (non-hydrogen) atoms. The second kappa shape index (κ2) is 8.30. The summed E-state index contributed by atoms with van der Waals surface area (Å²) in [7, 11) is 3.42. The van der Waals surface area contributed by atoms with Crippen LogP contribution >= 0.6 is 0 Å². The van der Waals surface area contributed by atoms with Crippen LogP contribution in [0.25, 0.3) is 0 Å². The number of anilines is 2. The molecule has 0 saturated heterocycles. The fourth-order valence-corrected chi connectivity index (χ4v) is 1.36. The average Bonchev–Trinajstić information content (AvgIpc) is 2.39. The number of carbonyl (C=O) groups excluding carboxylic acids is 1. The van der Waals surface area contributed by atoms with E-state index < -0.39 is 0 Å². The number of carbonyl (C=O) groups is 1. The minimum Gasteiger partial charge on any atom is -0.383 e. The molecule has 1 heterocycles. The maximum atomic E-state index is 11.4. The fraction of sp³-hybridized carbons (Fsp3) is 0.500. The van der Waals surface area contributed by atoms with Crippen molar-refractivity contribution in [2.24, 2.45) is 0 Å². The zero-order valence-electron chi connectivity index (χ0n) is 10.8. The lowest BCUT2D eigenvalue weighted by Crippen LogP contribution is -2.28. The van der Waals surface area contributed by atoms with Crippen molar-refractivity contribution in [3.8, 4) is 0 Å². The number of nitrogens with zero attached hydrogens (tertiary/aromatic N) is 1. The number of hydrogen-bond acceptors (Lipinski definition) is 5. The minimum atomic E-state index is 0.00400. The van der Waals surface area contributed by atoms with Gasteiger partial charge in [-0.1, -0.05) is 6.07 Å². The van der Waals surface area contributed by atoms with E-state index in [1.165, 1.54) is 0 Å². The molecule has 6 heteroatoms. The van der Waals surface area contributed by atoms with Crippen molar-refractivity contribution in [3.63, 3.8) is 0 Å². The predicted molar refractivity (Wildman–Crippen MR) is 71.8 cm³/mol. The first-order valence-corrected chi connectivity index (χ1v) is 5.90. The van der Waals surface area contributed by atoms with Crippen LogP contribution < -0.4 is 16.0 Å². The molecule has 6 nitrogen and oxygen atoms in total. The maximum absolute atomic E-state index is 11.4. The van der Waals surface area contributed by atoms with Gasteiger partial charge in [0, 0.05) is 33.7 Å². The van der Waals surface area contributed by atoms with Crippen LogP contribution in [0.5, 0.6) is 0 Å². The molecule has 1 aromatic heterocycles. The number of rotatable bonds is 8. The Balaban J connectivity index is 2.22. The van der Waals surface area contributed by atoms with E-state index >= 15 is 0 Å². The highest BCUT2D eigenvalue weighted by Crippen LogP contribution is 2.07. The van der Waals surface area contributed by atoms with Gasteiger partial charge < -0.3 is 20.7 Å². The maximum Gasteiger partial charge on any atom is 0.221 e. The predicted octanol–water partition coefficient (Wildman–Crippen LogP) is 0.688. The van der Waals surface area contributed by atoms with Gasteiger partial charge in [-0.25, -0.2) is 4.98 Å². The number of ether oxygens (including phenoxy) is 1.